The molecule has 0 aromatic heterocycles. The monoisotopic (exact) mass is 699 g/mol. The minimum Gasteiger partial charge on any atom is -0.481 e. The summed E-state index contributed by atoms with van der Waals surface area (Å²) in [6.07, 6.45) is 15.7. The number of nitrogens with one attached hydrogen (secondary N) is 1. The first kappa shape index (κ1) is 43.7. The number of ether oxygens (including phenoxy) is 2. The first-order chi connectivity index (χ1) is 24.2. The van der Waals surface area contributed by atoms with Crippen molar-refractivity contribution in [2.45, 2.75) is 115 Å². The minimum absolute atomic E-state index is 0.0518. The summed E-state index contributed by atoms with van der Waals surface area (Å²) in [4.78, 5) is 48.5. The van der Waals surface area contributed by atoms with E-state index in [4.69, 9.17) is 14.3 Å². The molecule has 0 saturated heterocycles. The van der Waals surface area contributed by atoms with E-state index in [0.29, 0.717) is 17.7 Å². The molecular formula is C38H57N3O9. The van der Waals surface area contributed by atoms with Gasteiger partial charge in [0, 0.05) is 19.1 Å². The second-order valence-electron chi connectivity index (χ2n) is 11.9. The summed E-state index contributed by atoms with van der Waals surface area (Å²) in [6, 6.07) is 5.75. The largest absolute Gasteiger partial charge is 0.481 e. The van der Waals surface area contributed by atoms with Crippen LogP contribution in [0.1, 0.15) is 103 Å². The van der Waals surface area contributed by atoms with Crippen molar-refractivity contribution in [2.24, 2.45) is 16.2 Å². The van der Waals surface area contributed by atoms with Crippen LogP contribution in [0.25, 0.3) is 0 Å². The normalized spacial score (nSPS) is 13.9. The highest BCUT2D eigenvalue weighted by Crippen LogP contribution is 2.25. The first-order valence-electron chi connectivity index (χ1n) is 17.4. The molecule has 0 aliphatic heterocycles. The van der Waals surface area contributed by atoms with Gasteiger partial charge < -0.3 is 34.7 Å². The fourth-order valence-corrected chi connectivity index (χ4v) is 5.26. The summed E-state index contributed by atoms with van der Waals surface area (Å²) in [5, 5.41) is 31.7. The highest BCUT2D eigenvalue weighted by atomic mass is 16.6. The third kappa shape index (κ3) is 17.3. The molecule has 1 aromatic rings. The maximum Gasteiger partial charge on any atom is 0.337 e. The van der Waals surface area contributed by atoms with Gasteiger partial charge in [0.1, 0.15) is 32.6 Å². The summed E-state index contributed by atoms with van der Waals surface area (Å²) in [6.45, 7) is 4.15. The molecule has 0 heterocycles. The molecule has 0 fully saturated rings. The van der Waals surface area contributed by atoms with E-state index in [2.05, 4.69) is 39.2 Å². The number of oxime groups is 2. The SMILES string of the molecule is CC#CCOc1ccc(C[C@H](NC(=O)[C@@H](/C=C/CCCCCCC(CCCCCCC)=NOC)[C@@](O)(CC=NOC)C(=O)O)C(=O)OC)cc1. The maximum absolute atomic E-state index is 13.7. The third-order valence-corrected chi connectivity index (χ3v) is 8.11. The molecule has 278 valence electrons. The number of carbonyl (C=O) groups is 3. The standard InChI is InChI=1S/C38H57N3O9/c1-6-8-10-13-16-19-31(41-49-5)20-17-14-11-12-15-18-21-33(38(46,37(44)45)26-27-39-48-4)35(42)40-34(36(43)47-3)29-30-22-24-32(25-23-30)50-28-9-7-2/h18,21-25,27,33-34,46H,6,8,10-17,19-20,26,28-29H2,1-5H3,(H,40,42)(H,44,45)/b21-18+,39-27?,41-31?/t33-,34+,38+/m1/s1. The van der Waals surface area contributed by atoms with Crippen molar-refractivity contribution in [3.63, 3.8) is 0 Å². The number of unbranched alkanes of at least 4 members (excludes halogenated alkanes) is 8. The number of benzene rings is 1. The molecule has 1 aromatic carbocycles. The topological polar surface area (TPSA) is 165 Å². The Bertz CT molecular complexity index is 1280. The number of aliphatic carboxylic acids is 1. The molecule has 3 N–H and O–H groups in total. The van der Waals surface area contributed by atoms with Gasteiger partial charge in [-0.2, -0.15) is 0 Å². The van der Waals surface area contributed by atoms with Gasteiger partial charge >= 0.3 is 11.9 Å². The van der Waals surface area contributed by atoms with E-state index >= 15 is 0 Å². The smallest absolute Gasteiger partial charge is 0.337 e. The molecule has 1 rings (SSSR count). The lowest BCUT2D eigenvalue weighted by Gasteiger charge is -2.30. The number of methoxy groups -OCH3 is 1. The molecule has 50 heavy (non-hydrogen) atoms. The quantitative estimate of drug-likeness (QED) is 0.0249. The van der Waals surface area contributed by atoms with Crippen LogP contribution in [0.15, 0.2) is 46.7 Å². The Balaban J connectivity index is 2.96. The number of aliphatic hydroxyl groups is 1. The van der Waals surface area contributed by atoms with Gasteiger partial charge in [0.15, 0.2) is 5.60 Å². The second-order valence-corrected chi connectivity index (χ2v) is 11.9. The fraction of sp³-hybridized carbons (Fsp3) is 0.605. The summed E-state index contributed by atoms with van der Waals surface area (Å²) in [5.74, 6) is 1.38. The summed E-state index contributed by atoms with van der Waals surface area (Å²) >= 11 is 0. The van der Waals surface area contributed by atoms with Gasteiger partial charge in [-0.25, -0.2) is 9.59 Å². The van der Waals surface area contributed by atoms with E-state index in [1.807, 2.05) is 0 Å². The van der Waals surface area contributed by atoms with Crippen molar-refractivity contribution in [1.29, 1.82) is 0 Å². The van der Waals surface area contributed by atoms with Crippen LogP contribution in [0, 0.1) is 17.8 Å². The number of hydrogen-bond acceptors (Lipinski definition) is 10. The molecular weight excluding hydrogens is 642 g/mol. The number of amides is 1. The van der Waals surface area contributed by atoms with Crippen molar-refractivity contribution in [3.8, 4) is 17.6 Å². The van der Waals surface area contributed by atoms with Crippen molar-refractivity contribution in [1.82, 2.24) is 5.32 Å². The van der Waals surface area contributed by atoms with E-state index in [1.54, 1.807) is 44.4 Å². The second kappa shape index (κ2) is 26.5. The van der Waals surface area contributed by atoms with Crippen LogP contribution < -0.4 is 10.1 Å². The third-order valence-electron chi connectivity index (χ3n) is 8.11. The number of carbonyl (C=O) groups excluding carboxylic acids is 2. The van der Waals surface area contributed by atoms with Crippen LogP contribution >= 0.6 is 0 Å². The van der Waals surface area contributed by atoms with Gasteiger partial charge in [0.2, 0.25) is 5.91 Å². The van der Waals surface area contributed by atoms with E-state index < -0.39 is 41.8 Å². The first-order valence-corrected chi connectivity index (χ1v) is 17.4. The van der Waals surface area contributed by atoms with Crippen LogP contribution in [0.2, 0.25) is 0 Å². The zero-order valence-electron chi connectivity index (χ0n) is 30.4. The van der Waals surface area contributed by atoms with Crippen LogP contribution in [0.3, 0.4) is 0 Å². The van der Waals surface area contributed by atoms with E-state index in [0.717, 1.165) is 56.9 Å². The average Bonchev–Trinajstić information content (AvgIpc) is 3.10. The Kier molecular flexibility index (Phi) is 23.1. The minimum atomic E-state index is -2.57. The van der Waals surface area contributed by atoms with Crippen molar-refractivity contribution < 1.29 is 43.7 Å². The van der Waals surface area contributed by atoms with Gasteiger partial charge in [-0.3, -0.25) is 4.79 Å². The Morgan fingerprint density at radius 2 is 1.62 bits per heavy atom. The van der Waals surface area contributed by atoms with Gasteiger partial charge in [-0.15, -0.1) is 5.92 Å². The highest BCUT2D eigenvalue weighted by molar-refractivity contribution is 5.94. The van der Waals surface area contributed by atoms with Crippen LogP contribution in [0.4, 0.5) is 0 Å². The van der Waals surface area contributed by atoms with Crippen LogP contribution in [-0.4, -0.2) is 79.6 Å². The molecule has 3 atom stereocenters. The summed E-state index contributed by atoms with van der Waals surface area (Å²) in [5.41, 5.74) is -0.802. The van der Waals surface area contributed by atoms with Gasteiger partial charge in [-0.1, -0.05) is 86.0 Å². The molecule has 0 spiro atoms. The zero-order valence-corrected chi connectivity index (χ0v) is 30.4. The molecule has 0 radical (unpaired) electrons. The van der Waals surface area contributed by atoms with Gasteiger partial charge in [0.25, 0.3) is 0 Å². The molecule has 0 aliphatic carbocycles. The lowest BCUT2D eigenvalue weighted by atomic mass is 9.83. The van der Waals surface area contributed by atoms with Crippen molar-refractivity contribution in [2.75, 3.05) is 27.9 Å². The fourth-order valence-electron chi connectivity index (χ4n) is 5.26. The summed E-state index contributed by atoms with van der Waals surface area (Å²) in [7, 11) is 4.04. The number of nitrogens with zero attached hydrogens (tertiary/aromatic N) is 2. The molecule has 12 nitrogen and oxygen atoms in total. The molecule has 0 unspecified atom stereocenters. The van der Waals surface area contributed by atoms with Crippen LogP contribution in [-0.2, 0) is 35.2 Å². The Morgan fingerprint density at radius 1 is 0.960 bits per heavy atom. The van der Waals surface area contributed by atoms with Crippen LogP contribution in [0.5, 0.6) is 5.75 Å². The number of esters is 1. The lowest BCUT2D eigenvalue weighted by Crippen LogP contribution is -2.55. The molecule has 0 saturated carbocycles. The molecule has 12 heteroatoms. The van der Waals surface area contributed by atoms with Gasteiger partial charge in [-0.05, 0) is 63.1 Å². The van der Waals surface area contributed by atoms with E-state index in [-0.39, 0.29) is 13.0 Å². The van der Waals surface area contributed by atoms with E-state index in [1.165, 1.54) is 46.0 Å². The zero-order chi connectivity index (χ0) is 37.0. The maximum atomic E-state index is 13.7. The number of hydrogen-bond donors (Lipinski definition) is 3. The molecule has 0 aliphatic rings. The van der Waals surface area contributed by atoms with Crippen molar-refractivity contribution in [3.05, 3.63) is 42.0 Å². The highest BCUT2D eigenvalue weighted by Gasteiger charge is 2.47. The number of carboxylic acid groups (broad SMARTS) is 1. The predicted octanol–water partition coefficient (Wildman–Crippen LogP) is 6.00. The number of rotatable bonds is 27. The van der Waals surface area contributed by atoms with Gasteiger partial charge in [0.05, 0.1) is 18.7 Å². The molecule has 0 bridgehead atoms. The number of allylic oxidation sites excluding steroid dienone is 1. The number of carboxylic acids is 1. The Hall–Kier alpha value is -4.37. The van der Waals surface area contributed by atoms with Crippen molar-refractivity contribution >= 4 is 29.8 Å². The molecule has 1 amide bonds. The summed E-state index contributed by atoms with van der Waals surface area (Å²) < 4.78 is 10.5. The lowest BCUT2D eigenvalue weighted by molar-refractivity contribution is -0.165. The predicted molar refractivity (Wildman–Crippen MR) is 194 cm³/mol. The van der Waals surface area contributed by atoms with E-state index in [9.17, 15) is 24.6 Å². The average molecular weight is 700 g/mol. The Morgan fingerprint density at radius 3 is 2.20 bits per heavy atom. The Labute approximate surface area is 297 Å².